The molecule has 3 atom stereocenters. The van der Waals surface area contributed by atoms with Crippen LogP contribution in [0.4, 0.5) is 13.2 Å². The van der Waals surface area contributed by atoms with Gasteiger partial charge in [0.25, 0.3) is 5.91 Å². The maximum atomic E-state index is 12.6. The molecule has 3 rings (SSSR count). The van der Waals surface area contributed by atoms with E-state index in [4.69, 9.17) is 0 Å². The molecule has 1 aliphatic heterocycles. The SMILES string of the molecule is Cc1cc(C(=O)N[C@H](C)C[NH+]2CCC[C@@H]2C)ccc1-c1noc(C(F)(F)F)n1. The summed E-state index contributed by atoms with van der Waals surface area (Å²) >= 11 is 0. The van der Waals surface area contributed by atoms with Crippen LogP contribution in [-0.4, -0.2) is 41.2 Å². The van der Waals surface area contributed by atoms with Crippen LogP contribution in [-0.2, 0) is 6.18 Å². The number of aromatic nitrogens is 2. The van der Waals surface area contributed by atoms with E-state index in [9.17, 15) is 18.0 Å². The van der Waals surface area contributed by atoms with Gasteiger partial charge in [-0.1, -0.05) is 11.2 Å². The Bertz CT molecular complexity index is 850. The Morgan fingerprint density at radius 3 is 2.75 bits per heavy atom. The minimum absolute atomic E-state index is 0.0228. The maximum absolute atomic E-state index is 12.6. The smallest absolute Gasteiger partial charge is 0.344 e. The highest BCUT2D eigenvalue weighted by molar-refractivity contribution is 5.95. The maximum Gasteiger partial charge on any atom is 0.471 e. The standard InChI is InChI=1S/C19H23F3N4O2/c1-11-9-14(17(27)23-12(2)10-26-8-4-5-13(26)3)6-7-15(11)16-24-18(28-25-16)19(20,21)22/h6-7,9,12-13H,4-5,8,10H2,1-3H3,(H,23,27)/p+1/t12-,13+/m1/s1. The highest BCUT2D eigenvalue weighted by Gasteiger charge is 2.38. The molecule has 1 amide bonds. The molecule has 1 aromatic heterocycles. The van der Waals surface area contributed by atoms with Crippen LogP contribution in [0, 0.1) is 6.92 Å². The first-order chi connectivity index (χ1) is 13.1. The monoisotopic (exact) mass is 397 g/mol. The Balaban J connectivity index is 1.67. The van der Waals surface area contributed by atoms with Gasteiger partial charge in [-0.25, -0.2) is 0 Å². The molecule has 1 aliphatic rings. The first-order valence-corrected chi connectivity index (χ1v) is 9.32. The fourth-order valence-corrected chi connectivity index (χ4v) is 3.64. The lowest BCUT2D eigenvalue weighted by atomic mass is 10.0. The van der Waals surface area contributed by atoms with E-state index in [1.54, 1.807) is 19.1 Å². The lowest BCUT2D eigenvalue weighted by Crippen LogP contribution is -3.14. The fraction of sp³-hybridized carbons (Fsp3) is 0.526. The van der Waals surface area contributed by atoms with Gasteiger partial charge in [-0.3, -0.25) is 4.79 Å². The van der Waals surface area contributed by atoms with E-state index >= 15 is 0 Å². The molecule has 1 saturated heterocycles. The minimum atomic E-state index is -4.69. The molecule has 0 saturated carbocycles. The lowest BCUT2D eigenvalue weighted by Gasteiger charge is -2.22. The van der Waals surface area contributed by atoms with Crippen LogP contribution < -0.4 is 10.2 Å². The average molecular weight is 397 g/mol. The molecule has 9 heteroatoms. The van der Waals surface area contributed by atoms with E-state index in [1.165, 1.54) is 23.8 Å². The summed E-state index contributed by atoms with van der Waals surface area (Å²) in [6, 6.07) is 5.34. The van der Waals surface area contributed by atoms with Gasteiger partial charge < -0.3 is 14.7 Å². The van der Waals surface area contributed by atoms with Crippen LogP contribution in [0.15, 0.2) is 22.7 Å². The fourth-order valence-electron chi connectivity index (χ4n) is 3.64. The summed E-state index contributed by atoms with van der Waals surface area (Å²) in [5.74, 6) is -1.76. The summed E-state index contributed by atoms with van der Waals surface area (Å²) in [5.41, 5.74) is 1.42. The van der Waals surface area contributed by atoms with Gasteiger partial charge in [-0.15, -0.1) is 0 Å². The minimum Gasteiger partial charge on any atom is -0.344 e. The second-order valence-corrected chi connectivity index (χ2v) is 7.48. The number of halogens is 3. The van der Waals surface area contributed by atoms with E-state index < -0.39 is 12.1 Å². The number of quaternary nitrogens is 1. The molecule has 0 spiro atoms. The van der Waals surface area contributed by atoms with Crippen LogP contribution in [0.25, 0.3) is 11.4 Å². The van der Waals surface area contributed by atoms with Crippen LogP contribution in [0.2, 0.25) is 0 Å². The predicted octanol–water partition coefficient (Wildman–Crippen LogP) is 2.25. The number of hydrogen-bond acceptors (Lipinski definition) is 4. The largest absolute Gasteiger partial charge is 0.471 e. The van der Waals surface area contributed by atoms with Crippen molar-refractivity contribution >= 4 is 5.91 Å². The number of likely N-dealkylation sites (tertiary alicyclic amines) is 1. The number of aryl methyl sites for hydroxylation is 1. The third kappa shape index (κ3) is 4.52. The van der Waals surface area contributed by atoms with Crippen molar-refractivity contribution in [3.63, 3.8) is 0 Å². The number of benzene rings is 1. The molecule has 0 aliphatic carbocycles. The number of nitrogens with zero attached hydrogens (tertiary/aromatic N) is 2. The van der Waals surface area contributed by atoms with Gasteiger partial charge in [0.1, 0.15) is 0 Å². The second kappa shape index (κ2) is 7.90. The van der Waals surface area contributed by atoms with Gasteiger partial charge in [0.2, 0.25) is 5.82 Å². The third-order valence-electron chi connectivity index (χ3n) is 5.18. The number of carbonyl (C=O) groups excluding carboxylic acids is 1. The van der Waals surface area contributed by atoms with Crippen molar-refractivity contribution in [3.8, 4) is 11.4 Å². The van der Waals surface area contributed by atoms with Gasteiger partial charge in [0.15, 0.2) is 0 Å². The first-order valence-electron chi connectivity index (χ1n) is 9.32. The number of hydrogen-bond donors (Lipinski definition) is 2. The third-order valence-corrected chi connectivity index (χ3v) is 5.18. The van der Waals surface area contributed by atoms with Crippen molar-refractivity contribution in [2.45, 2.75) is 51.9 Å². The summed E-state index contributed by atoms with van der Waals surface area (Å²) < 4.78 is 42.2. The highest BCUT2D eigenvalue weighted by Crippen LogP contribution is 2.30. The molecule has 2 aromatic rings. The van der Waals surface area contributed by atoms with Crippen molar-refractivity contribution in [2.75, 3.05) is 13.1 Å². The van der Waals surface area contributed by atoms with E-state index in [2.05, 4.69) is 26.9 Å². The molecule has 1 fully saturated rings. The molecule has 2 N–H and O–H groups in total. The molecule has 1 unspecified atom stereocenters. The summed E-state index contributed by atoms with van der Waals surface area (Å²) in [6.07, 6.45) is -2.27. The van der Waals surface area contributed by atoms with Crippen molar-refractivity contribution in [2.24, 2.45) is 0 Å². The number of amides is 1. The summed E-state index contributed by atoms with van der Waals surface area (Å²) in [5, 5.41) is 6.39. The molecule has 152 valence electrons. The van der Waals surface area contributed by atoms with E-state index in [0.717, 1.165) is 13.1 Å². The Hall–Kier alpha value is -2.42. The zero-order valence-electron chi connectivity index (χ0n) is 16.1. The van der Waals surface area contributed by atoms with Gasteiger partial charge >= 0.3 is 12.1 Å². The van der Waals surface area contributed by atoms with Crippen molar-refractivity contribution < 1.29 is 27.4 Å². The normalized spacial score (nSPS) is 20.9. The zero-order valence-corrected chi connectivity index (χ0v) is 16.1. The highest BCUT2D eigenvalue weighted by atomic mass is 19.4. The van der Waals surface area contributed by atoms with E-state index in [0.29, 0.717) is 22.7 Å². The van der Waals surface area contributed by atoms with E-state index in [-0.39, 0.29) is 17.8 Å². The van der Waals surface area contributed by atoms with Crippen molar-refractivity contribution in [1.29, 1.82) is 0 Å². The number of carbonyl (C=O) groups is 1. The van der Waals surface area contributed by atoms with Crippen molar-refractivity contribution in [1.82, 2.24) is 15.5 Å². The van der Waals surface area contributed by atoms with Gasteiger partial charge in [0, 0.05) is 24.0 Å². The molecule has 1 aromatic carbocycles. The predicted molar refractivity (Wildman–Crippen MR) is 95.8 cm³/mol. The number of alkyl halides is 3. The average Bonchev–Trinajstić information content (AvgIpc) is 3.24. The van der Waals surface area contributed by atoms with Gasteiger partial charge in [-0.2, -0.15) is 18.2 Å². The Labute approximate surface area is 161 Å². The van der Waals surface area contributed by atoms with E-state index in [1.807, 2.05) is 6.92 Å². The Morgan fingerprint density at radius 1 is 1.43 bits per heavy atom. The van der Waals surface area contributed by atoms with Crippen LogP contribution in [0.5, 0.6) is 0 Å². The molecular weight excluding hydrogens is 373 g/mol. The van der Waals surface area contributed by atoms with Crippen LogP contribution >= 0.6 is 0 Å². The quantitative estimate of drug-likeness (QED) is 0.812. The molecule has 0 bridgehead atoms. The molecule has 2 heterocycles. The molecular formula is C19H24F3N4O2+. The summed E-state index contributed by atoms with van der Waals surface area (Å²) in [6.45, 7) is 7.89. The second-order valence-electron chi connectivity index (χ2n) is 7.48. The van der Waals surface area contributed by atoms with Crippen LogP contribution in [0.3, 0.4) is 0 Å². The van der Waals surface area contributed by atoms with Gasteiger partial charge in [0.05, 0.1) is 25.2 Å². The van der Waals surface area contributed by atoms with Crippen molar-refractivity contribution in [3.05, 3.63) is 35.2 Å². The lowest BCUT2D eigenvalue weighted by molar-refractivity contribution is -0.911. The summed E-state index contributed by atoms with van der Waals surface area (Å²) in [4.78, 5) is 17.4. The number of rotatable bonds is 5. The molecule has 0 radical (unpaired) electrons. The topological polar surface area (TPSA) is 72.5 Å². The first kappa shape index (κ1) is 20.3. The Morgan fingerprint density at radius 2 is 2.18 bits per heavy atom. The molecule has 28 heavy (non-hydrogen) atoms. The summed E-state index contributed by atoms with van der Waals surface area (Å²) in [7, 11) is 0. The Kier molecular flexibility index (Phi) is 5.74. The molecule has 6 nitrogen and oxygen atoms in total. The number of nitrogens with one attached hydrogen (secondary N) is 2. The van der Waals surface area contributed by atoms with Crippen LogP contribution in [0.1, 0.15) is 48.5 Å². The van der Waals surface area contributed by atoms with Gasteiger partial charge in [-0.05, 0) is 38.5 Å². The zero-order chi connectivity index (χ0) is 20.5.